The second kappa shape index (κ2) is 5.77. The maximum absolute atomic E-state index is 13.6. The predicted octanol–water partition coefficient (Wildman–Crippen LogP) is 2.29. The Balaban J connectivity index is 2.05. The van der Waals surface area contributed by atoms with Gasteiger partial charge in [-0.2, -0.15) is 0 Å². The van der Waals surface area contributed by atoms with Crippen molar-refractivity contribution in [1.82, 2.24) is 5.32 Å². The average molecular weight is 253 g/mol. The van der Waals surface area contributed by atoms with Gasteiger partial charge in [-0.15, -0.1) is 0 Å². The molecule has 1 aromatic carbocycles. The van der Waals surface area contributed by atoms with Crippen LogP contribution in [-0.4, -0.2) is 24.1 Å². The summed E-state index contributed by atoms with van der Waals surface area (Å²) in [5, 5.41) is 17.0. The van der Waals surface area contributed by atoms with Gasteiger partial charge in [0.05, 0.1) is 4.92 Å². The number of para-hydroxylation sites is 1. The zero-order valence-corrected chi connectivity index (χ0v) is 9.99. The minimum Gasteiger partial charge on any atom is -0.376 e. The zero-order valence-electron chi connectivity index (χ0n) is 9.99. The van der Waals surface area contributed by atoms with Crippen LogP contribution >= 0.6 is 0 Å². The lowest BCUT2D eigenvalue weighted by Crippen LogP contribution is -2.39. The smallest absolute Gasteiger partial charge is 0.295 e. The Morgan fingerprint density at radius 1 is 1.50 bits per heavy atom. The van der Waals surface area contributed by atoms with Gasteiger partial charge in [-0.3, -0.25) is 10.1 Å². The van der Waals surface area contributed by atoms with Crippen molar-refractivity contribution in [3.63, 3.8) is 0 Å². The lowest BCUT2D eigenvalue weighted by Gasteiger charge is -2.24. The van der Waals surface area contributed by atoms with E-state index in [0.29, 0.717) is 6.54 Å². The molecule has 5 nitrogen and oxygen atoms in total. The summed E-state index contributed by atoms with van der Waals surface area (Å²) >= 11 is 0. The van der Waals surface area contributed by atoms with Gasteiger partial charge in [0.1, 0.15) is 5.69 Å². The fourth-order valence-corrected chi connectivity index (χ4v) is 2.16. The van der Waals surface area contributed by atoms with E-state index < -0.39 is 10.7 Å². The molecule has 1 fully saturated rings. The molecular weight excluding hydrogens is 237 g/mol. The summed E-state index contributed by atoms with van der Waals surface area (Å²) in [6.07, 6.45) is 3.30. The highest BCUT2D eigenvalue weighted by Gasteiger charge is 2.19. The molecule has 0 radical (unpaired) electrons. The topological polar surface area (TPSA) is 67.2 Å². The number of nitrogens with zero attached hydrogens (tertiary/aromatic N) is 1. The van der Waals surface area contributed by atoms with Gasteiger partial charge in [0.2, 0.25) is 0 Å². The summed E-state index contributed by atoms with van der Waals surface area (Å²) in [5.41, 5.74) is -0.235. The molecule has 1 unspecified atom stereocenters. The molecule has 1 aromatic rings. The largest absolute Gasteiger partial charge is 0.376 e. The average Bonchev–Trinajstić information content (AvgIpc) is 2.38. The first-order valence-electron chi connectivity index (χ1n) is 6.08. The number of benzene rings is 1. The molecule has 0 spiro atoms. The van der Waals surface area contributed by atoms with Crippen LogP contribution in [0.25, 0.3) is 0 Å². The number of hydrogen-bond acceptors (Lipinski definition) is 4. The van der Waals surface area contributed by atoms with Gasteiger partial charge in [0, 0.05) is 18.7 Å². The Labute approximate surface area is 105 Å². The number of nitrogens with one attached hydrogen (secondary N) is 2. The van der Waals surface area contributed by atoms with Crippen LogP contribution in [0.1, 0.15) is 19.3 Å². The van der Waals surface area contributed by atoms with Gasteiger partial charge >= 0.3 is 0 Å². The van der Waals surface area contributed by atoms with Crippen molar-refractivity contribution < 1.29 is 9.31 Å². The highest BCUT2D eigenvalue weighted by molar-refractivity contribution is 5.62. The summed E-state index contributed by atoms with van der Waals surface area (Å²) in [5.74, 6) is -0.583. The molecule has 98 valence electrons. The molecule has 1 atom stereocenters. The van der Waals surface area contributed by atoms with E-state index in [1.165, 1.54) is 18.2 Å². The molecule has 0 aliphatic carbocycles. The monoisotopic (exact) mass is 253 g/mol. The predicted molar refractivity (Wildman–Crippen MR) is 67.2 cm³/mol. The summed E-state index contributed by atoms with van der Waals surface area (Å²) in [4.78, 5) is 10.2. The van der Waals surface area contributed by atoms with Crippen molar-refractivity contribution in [1.29, 1.82) is 0 Å². The van der Waals surface area contributed by atoms with Crippen molar-refractivity contribution in [2.75, 3.05) is 18.4 Å². The molecular formula is C12H16FN3O2. The fraction of sp³-hybridized carbons (Fsp3) is 0.500. The number of piperidine rings is 1. The van der Waals surface area contributed by atoms with E-state index in [0.717, 1.165) is 25.8 Å². The molecule has 6 heteroatoms. The molecule has 1 heterocycles. The third-order valence-electron chi connectivity index (χ3n) is 3.13. The van der Waals surface area contributed by atoms with Crippen LogP contribution in [0.15, 0.2) is 18.2 Å². The number of rotatable bonds is 4. The Morgan fingerprint density at radius 3 is 3.00 bits per heavy atom. The molecule has 0 saturated carbocycles. The van der Waals surface area contributed by atoms with E-state index in [-0.39, 0.29) is 17.4 Å². The van der Waals surface area contributed by atoms with Crippen LogP contribution in [0, 0.1) is 15.9 Å². The van der Waals surface area contributed by atoms with E-state index in [1.807, 2.05) is 0 Å². The quantitative estimate of drug-likeness (QED) is 0.638. The Kier molecular flexibility index (Phi) is 4.09. The van der Waals surface area contributed by atoms with E-state index in [1.54, 1.807) is 0 Å². The van der Waals surface area contributed by atoms with Crippen LogP contribution in [0.2, 0.25) is 0 Å². The van der Waals surface area contributed by atoms with E-state index in [4.69, 9.17) is 0 Å². The second-order valence-electron chi connectivity index (χ2n) is 4.42. The van der Waals surface area contributed by atoms with Crippen molar-refractivity contribution in [3.8, 4) is 0 Å². The molecule has 18 heavy (non-hydrogen) atoms. The normalized spacial score (nSPS) is 19.5. The minimum absolute atomic E-state index is 0.0186. The Bertz CT molecular complexity index is 433. The second-order valence-corrected chi connectivity index (χ2v) is 4.42. The SMILES string of the molecule is O=[N+]([O-])c1cccc(F)c1NCC1CCCCN1. The molecule has 2 N–H and O–H groups in total. The lowest BCUT2D eigenvalue weighted by atomic mass is 10.1. The van der Waals surface area contributed by atoms with Crippen molar-refractivity contribution in [2.24, 2.45) is 0 Å². The standard InChI is InChI=1S/C12H16FN3O2/c13-10-5-3-6-11(16(17)18)12(10)15-8-9-4-1-2-7-14-9/h3,5-6,9,14-15H,1-2,4,7-8H2. The van der Waals surface area contributed by atoms with E-state index >= 15 is 0 Å². The highest BCUT2D eigenvalue weighted by Crippen LogP contribution is 2.27. The van der Waals surface area contributed by atoms with Crippen LogP contribution in [0.5, 0.6) is 0 Å². The molecule has 0 amide bonds. The first-order valence-corrected chi connectivity index (χ1v) is 6.08. The van der Waals surface area contributed by atoms with Gasteiger partial charge in [-0.25, -0.2) is 4.39 Å². The minimum atomic E-state index is -0.583. The van der Waals surface area contributed by atoms with Gasteiger partial charge in [-0.1, -0.05) is 12.5 Å². The number of nitro groups is 1. The first-order chi connectivity index (χ1) is 8.68. The summed E-state index contributed by atoms with van der Waals surface area (Å²) in [6.45, 7) is 1.45. The van der Waals surface area contributed by atoms with Crippen LogP contribution in [0.4, 0.5) is 15.8 Å². The third-order valence-corrected chi connectivity index (χ3v) is 3.13. The molecule has 0 bridgehead atoms. The van der Waals surface area contributed by atoms with Gasteiger partial charge in [0.25, 0.3) is 5.69 Å². The lowest BCUT2D eigenvalue weighted by molar-refractivity contribution is -0.384. The fourth-order valence-electron chi connectivity index (χ4n) is 2.16. The molecule has 2 rings (SSSR count). The molecule has 1 aliphatic heterocycles. The maximum atomic E-state index is 13.6. The Hall–Kier alpha value is -1.69. The van der Waals surface area contributed by atoms with Crippen molar-refractivity contribution in [3.05, 3.63) is 34.1 Å². The van der Waals surface area contributed by atoms with E-state index in [2.05, 4.69) is 10.6 Å². The highest BCUT2D eigenvalue weighted by atomic mass is 19.1. The molecule has 0 aromatic heterocycles. The number of anilines is 1. The summed E-state index contributed by atoms with van der Waals surface area (Å²) in [7, 11) is 0. The van der Waals surface area contributed by atoms with Gasteiger partial charge < -0.3 is 10.6 Å². The third kappa shape index (κ3) is 2.95. The van der Waals surface area contributed by atoms with Crippen molar-refractivity contribution in [2.45, 2.75) is 25.3 Å². The van der Waals surface area contributed by atoms with Gasteiger partial charge in [-0.05, 0) is 25.5 Å². The van der Waals surface area contributed by atoms with E-state index in [9.17, 15) is 14.5 Å². The van der Waals surface area contributed by atoms with Crippen LogP contribution < -0.4 is 10.6 Å². The number of halogens is 1. The summed E-state index contributed by atoms with van der Waals surface area (Å²) < 4.78 is 13.6. The van der Waals surface area contributed by atoms with Gasteiger partial charge in [0.15, 0.2) is 5.82 Å². The number of nitro benzene ring substituents is 1. The van der Waals surface area contributed by atoms with Crippen molar-refractivity contribution >= 4 is 11.4 Å². The maximum Gasteiger partial charge on any atom is 0.295 e. The van der Waals surface area contributed by atoms with Crippen LogP contribution in [0.3, 0.4) is 0 Å². The molecule has 1 aliphatic rings. The zero-order chi connectivity index (χ0) is 13.0. The first kappa shape index (κ1) is 12.8. The number of hydrogen-bond donors (Lipinski definition) is 2. The Morgan fingerprint density at radius 2 is 2.33 bits per heavy atom. The molecule has 1 saturated heterocycles. The summed E-state index contributed by atoms with van der Waals surface area (Å²) in [6, 6.07) is 4.12. The van der Waals surface area contributed by atoms with Crippen LogP contribution in [-0.2, 0) is 0 Å².